The Morgan fingerprint density at radius 1 is 1.16 bits per heavy atom. The summed E-state index contributed by atoms with van der Waals surface area (Å²) >= 11 is 0. The van der Waals surface area contributed by atoms with E-state index in [9.17, 15) is 13.2 Å². The number of aryl methyl sites for hydroxylation is 1. The maximum Gasteiger partial charge on any atom is 0.396 e. The van der Waals surface area contributed by atoms with Crippen LogP contribution in [0, 0.1) is 18.9 Å². The summed E-state index contributed by atoms with van der Waals surface area (Å²) in [6.07, 6.45) is 0.852. The molecule has 0 saturated heterocycles. The van der Waals surface area contributed by atoms with Gasteiger partial charge in [-0.3, -0.25) is 14.6 Å². The van der Waals surface area contributed by atoms with Crippen LogP contribution in [0.3, 0.4) is 0 Å². The van der Waals surface area contributed by atoms with Crippen LogP contribution in [0.15, 0.2) is 55.0 Å². The Kier molecular flexibility index (Phi) is 4.52. The largest absolute Gasteiger partial charge is 0.396 e. The maximum atomic E-state index is 13.4. The summed E-state index contributed by atoms with van der Waals surface area (Å²) in [5.74, 6) is 0. The first-order chi connectivity index (χ1) is 15.3. The third kappa shape index (κ3) is 3.40. The summed E-state index contributed by atoms with van der Waals surface area (Å²) in [5.41, 5.74) is 2.82. The van der Waals surface area contributed by atoms with Crippen molar-refractivity contribution in [2.24, 2.45) is 5.41 Å². The summed E-state index contributed by atoms with van der Waals surface area (Å²) in [7, 11) is 0. The number of hydrogen-bond acceptors (Lipinski definition) is 3. The molecule has 0 aliphatic heterocycles. The molecule has 0 atom stereocenters. The third-order valence-electron chi connectivity index (χ3n) is 6.05. The molecule has 1 fully saturated rings. The van der Waals surface area contributed by atoms with Crippen LogP contribution in [0.5, 0.6) is 0 Å². The van der Waals surface area contributed by atoms with E-state index in [1.165, 1.54) is 10.9 Å². The Morgan fingerprint density at radius 3 is 2.69 bits per heavy atom. The van der Waals surface area contributed by atoms with E-state index in [1.807, 2.05) is 30.3 Å². The lowest BCUT2D eigenvalue weighted by Crippen LogP contribution is -2.29. The van der Waals surface area contributed by atoms with Gasteiger partial charge in [0.2, 0.25) is 5.69 Å². The second-order valence-corrected chi connectivity index (χ2v) is 8.22. The molecule has 1 saturated carbocycles. The zero-order chi connectivity index (χ0) is 22.5. The van der Waals surface area contributed by atoms with E-state index < -0.39 is 11.6 Å². The number of benzene rings is 1. The average molecular weight is 433 g/mol. The van der Waals surface area contributed by atoms with Gasteiger partial charge >= 0.3 is 6.18 Å². The Balaban J connectivity index is 1.59. The molecule has 0 N–H and O–H groups in total. The van der Waals surface area contributed by atoms with Crippen LogP contribution >= 0.6 is 0 Å². The minimum absolute atomic E-state index is 0.120. The van der Waals surface area contributed by atoms with Crippen molar-refractivity contribution in [2.75, 3.05) is 0 Å². The number of aromatic nitrogens is 4. The highest BCUT2D eigenvalue weighted by molar-refractivity contribution is 5.89. The molecule has 160 valence electrons. The molecule has 0 amide bonds. The van der Waals surface area contributed by atoms with Gasteiger partial charge in [0.05, 0.1) is 35.9 Å². The second kappa shape index (κ2) is 7.16. The first-order valence-corrected chi connectivity index (χ1v) is 10.1. The van der Waals surface area contributed by atoms with Crippen molar-refractivity contribution in [3.05, 3.63) is 72.1 Å². The molecule has 0 radical (unpaired) electrons. The molecule has 5 nitrogen and oxygen atoms in total. The minimum Gasteiger partial charge on any atom is -0.271 e. The van der Waals surface area contributed by atoms with Gasteiger partial charge in [0.15, 0.2) is 0 Å². The van der Waals surface area contributed by atoms with Crippen LogP contribution < -0.4 is 0 Å². The quantitative estimate of drug-likeness (QED) is 0.352. The topological polar surface area (TPSA) is 48.0 Å². The molecule has 0 unspecified atom stereocenters. The number of pyridine rings is 2. The highest BCUT2D eigenvalue weighted by Crippen LogP contribution is 2.58. The van der Waals surface area contributed by atoms with Gasteiger partial charge in [-0.1, -0.05) is 18.2 Å². The molecule has 5 rings (SSSR count). The molecular formula is C24H18F3N5. The Bertz CT molecular complexity index is 1380. The molecule has 1 aromatic carbocycles. The third-order valence-corrected chi connectivity index (χ3v) is 6.05. The van der Waals surface area contributed by atoms with Crippen molar-refractivity contribution < 1.29 is 13.2 Å². The highest BCUT2D eigenvalue weighted by atomic mass is 19.4. The molecule has 1 aliphatic rings. The molecule has 4 aromatic rings. The molecule has 3 aromatic heterocycles. The maximum absolute atomic E-state index is 13.4. The van der Waals surface area contributed by atoms with Crippen molar-refractivity contribution in [3.8, 4) is 22.4 Å². The first-order valence-electron chi connectivity index (χ1n) is 10.1. The Hall–Kier alpha value is -3.73. The van der Waals surface area contributed by atoms with E-state index in [0.29, 0.717) is 28.2 Å². The molecule has 0 spiro atoms. The lowest BCUT2D eigenvalue weighted by molar-refractivity contribution is -0.191. The summed E-state index contributed by atoms with van der Waals surface area (Å²) in [4.78, 5) is 12.6. The second-order valence-electron chi connectivity index (χ2n) is 8.22. The SMILES string of the molecule is [C-]#[N+]c1cc(-c2cnn(CC3(C(F)(F)F)CC3)c2)c(-c2ccc3cccnc3c2)nc1C. The average Bonchev–Trinajstić information content (AvgIpc) is 3.43. The summed E-state index contributed by atoms with van der Waals surface area (Å²) < 4.78 is 41.5. The van der Waals surface area contributed by atoms with Crippen LogP contribution in [0.1, 0.15) is 18.5 Å². The van der Waals surface area contributed by atoms with E-state index >= 15 is 0 Å². The van der Waals surface area contributed by atoms with Gasteiger partial charge in [-0.2, -0.15) is 18.3 Å². The monoisotopic (exact) mass is 433 g/mol. The van der Waals surface area contributed by atoms with Crippen LogP contribution in [-0.2, 0) is 6.54 Å². The van der Waals surface area contributed by atoms with Crippen molar-refractivity contribution in [1.82, 2.24) is 19.7 Å². The highest BCUT2D eigenvalue weighted by Gasteiger charge is 2.63. The van der Waals surface area contributed by atoms with Crippen molar-refractivity contribution in [2.45, 2.75) is 32.5 Å². The van der Waals surface area contributed by atoms with E-state index in [0.717, 1.165) is 16.5 Å². The molecule has 8 heteroatoms. The fraction of sp³-hybridized carbons (Fsp3) is 0.250. The number of nitrogens with zero attached hydrogens (tertiary/aromatic N) is 5. The van der Waals surface area contributed by atoms with Gasteiger partial charge < -0.3 is 0 Å². The minimum atomic E-state index is -4.24. The van der Waals surface area contributed by atoms with E-state index in [4.69, 9.17) is 6.57 Å². The number of fused-ring (bicyclic) bond motifs is 1. The number of rotatable bonds is 4. The molecule has 3 heterocycles. The molecule has 1 aliphatic carbocycles. The van der Waals surface area contributed by atoms with E-state index in [2.05, 4.69) is 19.9 Å². The van der Waals surface area contributed by atoms with Gasteiger partial charge in [-0.05, 0) is 38.0 Å². The summed E-state index contributed by atoms with van der Waals surface area (Å²) in [5, 5.41) is 5.18. The van der Waals surface area contributed by atoms with E-state index in [1.54, 1.807) is 25.4 Å². The van der Waals surface area contributed by atoms with Gasteiger partial charge in [-0.25, -0.2) is 4.85 Å². The van der Waals surface area contributed by atoms with Gasteiger partial charge in [-0.15, -0.1) is 0 Å². The van der Waals surface area contributed by atoms with Crippen molar-refractivity contribution >= 4 is 16.6 Å². The Morgan fingerprint density at radius 2 is 1.97 bits per heavy atom. The fourth-order valence-corrected chi connectivity index (χ4v) is 3.94. The predicted molar refractivity (Wildman–Crippen MR) is 115 cm³/mol. The number of halogens is 3. The Labute approximate surface area is 182 Å². The van der Waals surface area contributed by atoms with Gasteiger partial charge in [0, 0.05) is 40.2 Å². The zero-order valence-corrected chi connectivity index (χ0v) is 17.2. The lowest BCUT2D eigenvalue weighted by Gasteiger charge is -2.18. The zero-order valence-electron chi connectivity index (χ0n) is 17.2. The standard InChI is InChI=1S/C24H18F3N5/c1-15-20(28-2)11-19(18-12-30-32(13-18)14-23(7-8-23)24(25,26)27)22(31-15)17-6-5-16-4-3-9-29-21(16)10-17/h3-6,9-13H,7-8,14H2,1H3. The molecular weight excluding hydrogens is 415 g/mol. The van der Waals surface area contributed by atoms with Gasteiger partial charge in [0.25, 0.3) is 0 Å². The molecule has 32 heavy (non-hydrogen) atoms. The van der Waals surface area contributed by atoms with E-state index in [-0.39, 0.29) is 19.4 Å². The summed E-state index contributed by atoms with van der Waals surface area (Å²) in [6, 6.07) is 11.4. The summed E-state index contributed by atoms with van der Waals surface area (Å²) in [6.45, 7) is 9.02. The fourth-order valence-electron chi connectivity index (χ4n) is 3.94. The smallest absolute Gasteiger partial charge is 0.271 e. The van der Waals surface area contributed by atoms with Crippen LogP contribution in [-0.4, -0.2) is 25.9 Å². The predicted octanol–water partition coefficient (Wildman–Crippen LogP) is 6.36. The van der Waals surface area contributed by atoms with Crippen molar-refractivity contribution in [1.29, 1.82) is 0 Å². The van der Waals surface area contributed by atoms with Crippen LogP contribution in [0.2, 0.25) is 0 Å². The first kappa shape index (κ1) is 20.2. The molecule has 0 bridgehead atoms. The normalized spacial score (nSPS) is 15.0. The van der Waals surface area contributed by atoms with Crippen LogP contribution in [0.25, 0.3) is 38.1 Å². The lowest BCUT2D eigenvalue weighted by atomic mass is 9.99. The number of hydrogen-bond donors (Lipinski definition) is 0. The van der Waals surface area contributed by atoms with Crippen LogP contribution in [0.4, 0.5) is 18.9 Å². The van der Waals surface area contributed by atoms with Crippen molar-refractivity contribution in [3.63, 3.8) is 0 Å². The number of alkyl halides is 3. The van der Waals surface area contributed by atoms with Gasteiger partial charge in [0.1, 0.15) is 0 Å².